The zero-order valence-electron chi connectivity index (χ0n) is 16.6. The minimum absolute atomic E-state index is 0.212. The van der Waals surface area contributed by atoms with Crippen LogP contribution in [0.1, 0.15) is 30.9 Å². The minimum Gasteiger partial charge on any atom is -0.493 e. The summed E-state index contributed by atoms with van der Waals surface area (Å²) in [4.78, 5) is 23.8. The van der Waals surface area contributed by atoms with Crippen LogP contribution < -0.4 is 25.1 Å². The molecule has 2 aromatic rings. The number of nitrogens with one attached hydrogen (secondary N) is 2. The smallest absolute Gasteiger partial charge is 0.276 e. The molecule has 0 radical (unpaired) electrons. The summed E-state index contributed by atoms with van der Waals surface area (Å²) in [5, 5.41) is 0. The number of carbonyl (C=O) groups is 2. The molecule has 2 amide bonds. The van der Waals surface area contributed by atoms with E-state index >= 15 is 0 Å². The Morgan fingerprint density at radius 2 is 1.50 bits per heavy atom. The number of methoxy groups -OCH3 is 1. The van der Waals surface area contributed by atoms with Gasteiger partial charge in [0.05, 0.1) is 7.11 Å². The Morgan fingerprint density at radius 1 is 0.893 bits per heavy atom. The molecule has 0 spiro atoms. The van der Waals surface area contributed by atoms with E-state index in [1.807, 2.05) is 51.1 Å². The molecule has 28 heavy (non-hydrogen) atoms. The van der Waals surface area contributed by atoms with Gasteiger partial charge in [0.2, 0.25) is 0 Å². The van der Waals surface area contributed by atoms with Crippen LogP contribution in [0.2, 0.25) is 0 Å². The maximum Gasteiger partial charge on any atom is 0.276 e. The van der Waals surface area contributed by atoms with E-state index in [0.717, 1.165) is 11.1 Å². The maximum absolute atomic E-state index is 11.9. The van der Waals surface area contributed by atoms with Crippen LogP contribution in [0.25, 0.3) is 0 Å². The number of benzene rings is 2. The Hall–Kier alpha value is -3.22. The highest BCUT2D eigenvalue weighted by molar-refractivity contribution is 5.83. The van der Waals surface area contributed by atoms with Gasteiger partial charge in [-0.05, 0) is 42.2 Å². The lowest BCUT2D eigenvalue weighted by atomic mass is 10.0. The molecule has 0 aliphatic carbocycles. The van der Waals surface area contributed by atoms with Gasteiger partial charge in [0.25, 0.3) is 11.8 Å². The number of aryl methyl sites for hydroxylation is 1. The molecule has 2 aromatic carbocycles. The highest BCUT2D eigenvalue weighted by atomic mass is 16.5. The van der Waals surface area contributed by atoms with Crippen LogP contribution in [-0.2, 0) is 9.59 Å². The second kappa shape index (κ2) is 10.2. The first-order chi connectivity index (χ1) is 13.4. The van der Waals surface area contributed by atoms with Gasteiger partial charge in [-0.15, -0.1) is 0 Å². The summed E-state index contributed by atoms with van der Waals surface area (Å²) in [6.45, 7) is 5.54. The van der Waals surface area contributed by atoms with Crippen molar-refractivity contribution in [2.24, 2.45) is 0 Å². The van der Waals surface area contributed by atoms with Crippen molar-refractivity contribution in [3.05, 3.63) is 53.6 Å². The first kappa shape index (κ1) is 21.1. The van der Waals surface area contributed by atoms with E-state index in [1.54, 1.807) is 12.1 Å². The van der Waals surface area contributed by atoms with Crippen LogP contribution in [0, 0.1) is 6.92 Å². The van der Waals surface area contributed by atoms with E-state index in [9.17, 15) is 9.59 Å². The van der Waals surface area contributed by atoms with Crippen molar-refractivity contribution in [2.45, 2.75) is 26.7 Å². The molecule has 0 aliphatic heterocycles. The summed E-state index contributed by atoms with van der Waals surface area (Å²) < 4.78 is 16.2. The molecule has 150 valence electrons. The van der Waals surface area contributed by atoms with Crippen molar-refractivity contribution in [1.29, 1.82) is 0 Å². The number of ether oxygens (including phenoxy) is 3. The standard InChI is InChI=1S/C21H26N2O5/c1-14(2)16-7-5-6-8-17(16)27-12-20(24)22-23-21(25)13-28-18-10-9-15(3)11-19(18)26-4/h5-11,14H,12-13H2,1-4H3,(H,22,24)(H,23,25). The third-order valence-corrected chi connectivity index (χ3v) is 3.92. The van der Waals surface area contributed by atoms with E-state index in [0.29, 0.717) is 17.2 Å². The summed E-state index contributed by atoms with van der Waals surface area (Å²) in [6, 6.07) is 12.9. The van der Waals surface area contributed by atoms with Gasteiger partial charge in [0.1, 0.15) is 5.75 Å². The molecule has 0 fully saturated rings. The van der Waals surface area contributed by atoms with Crippen LogP contribution >= 0.6 is 0 Å². The molecule has 0 unspecified atom stereocenters. The number of hydrogen-bond donors (Lipinski definition) is 2. The third kappa shape index (κ3) is 6.19. The predicted octanol–water partition coefficient (Wildman–Crippen LogP) is 2.73. The van der Waals surface area contributed by atoms with Crippen molar-refractivity contribution in [1.82, 2.24) is 10.9 Å². The fourth-order valence-corrected chi connectivity index (χ4v) is 2.48. The molecule has 7 heteroatoms. The number of para-hydroxylation sites is 1. The second-order valence-electron chi connectivity index (χ2n) is 6.52. The fourth-order valence-electron chi connectivity index (χ4n) is 2.48. The molecule has 2 N–H and O–H groups in total. The van der Waals surface area contributed by atoms with Crippen LogP contribution in [0.5, 0.6) is 17.2 Å². The number of amides is 2. The Morgan fingerprint density at radius 3 is 2.11 bits per heavy atom. The average Bonchev–Trinajstić information content (AvgIpc) is 2.69. The van der Waals surface area contributed by atoms with Gasteiger partial charge in [-0.3, -0.25) is 20.4 Å². The lowest BCUT2D eigenvalue weighted by molar-refractivity contribution is -0.131. The number of hydrogen-bond acceptors (Lipinski definition) is 5. The molecular formula is C21H26N2O5. The monoisotopic (exact) mass is 386 g/mol. The Bertz CT molecular complexity index is 820. The molecule has 0 aliphatic rings. The maximum atomic E-state index is 11.9. The van der Waals surface area contributed by atoms with Gasteiger partial charge >= 0.3 is 0 Å². The normalized spacial score (nSPS) is 10.3. The molecule has 2 rings (SSSR count). The zero-order chi connectivity index (χ0) is 20.5. The summed E-state index contributed by atoms with van der Waals surface area (Å²) >= 11 is 0. The fraction of sp³-hybridized carbons (Fsp3) is 0.333. The van der Waals surface area contributed by atoms with E-state index in [-0.39, 0.29) is 19.1 Å². The summed E-state index contributed by atoms with van der Waals surface area (Å²) in [7, 11) is 1.53. The number of carbonyl (C=O) groups excluding carboxylic acids is 2. The van der Waals surface area contributed by atoms with Crippen LogP contribution in [0.3, 0.4) is 0 Å². The van der Waals surface area contributed by atoms with Crippen molar-refractivity contribution in [3.8, 4) is 17.2 Å². The molecule has 0 saturated heterocycles. The predicted molar refractivity (Wildman–Crippen MR) is 106 cm³/mol. The van der Waals surface area contributed by atoms with Gasteiger partial charge < -0.3 is 14.2 Å². The SMILES string of the molecule is COc1cc(C)ccc1OCC(=O)NNC(=O)COc1ccccc1C(C)C. The first-order valence-electron chi connectivity index (χ1n) is 8.97. The van der Waals surface area contributed by atoms with Crippen LogP contribution in [0.4, 0.5) is 0 Å². The number of rotatable bonds is 8. The van der Waals surface area contributed by atoms with E-state index < -0.39 is 11.8 Å². The quantitative estimate of drug-likeness (QED) is 0.682. The Balaban J connectivity index is 1.76. The zero-order valence-corrected chi connectivity index (χ0v) is 16.6. The van der Waals surface area contributed by atoms with Gasteiger partial charge in [-0.25, -0.2) is 0 Å². The van der Waals surface area contributed by atoms with Gasteiger partial charge in [-0.2, -0.15) is 0 Å². The topological polar surface area (TPSA) is 85.9 Å². The minimum atomic E-state index is -0.501. The summed E-state index contributed by atoms with van der Waals surface area (Å²) in [5.41, 5.74) is 6.62. The second-order valence-corrected chi connectivity index (χ2v) is 6.52. The van der Waals surface area contributed by atoms with E-state index in [2.05, 4.69) is 10.9 Å². The summed E-state index contributed by atoms with van der Waals surface area (Å²) in [6.07, 6.45) is 0. The lowest BCUT2D eigenvalue weighted by Gasteiger charge is -2.14. The van der Waals surface area contributed by atoms with E-state index in [4.69, 9.17) is 14.2 Å². The molecule has 0 heterocycles. The first-order valence-corrected chi connectivity index (χ1v) is 8.97. The Labute approximate surface area is 165 Å². The molecule has 0 saturated carbocycles. The largest absolute Gasteiger partial charge is 0.493 e. The highest BCUT2D eigenvalue weighted by Gasteiger charge is 2.11. The van der Waals surface area contributed by atoms with Gasteiger partial charge in [-0.1, -0.05) is 38.1 Å². The average molecular weight is 386 g/mol. The molecule has 0 aromatic heterocycles. The van der Waals surface area contributed by atoms with Crippen molar-refractivity contribution in [2.75, 3.05) is 20.3 Å². The molecular weight excluding hydrogens is 360 g/mol. The van der Waals surface area contributed by atoms with Crippen molar-refractivity contribution >= 4 is 11.8 Å². The van der Waals surface area contributed by atoms with Crippen LogP contribution in [-0.4, -0.2) is 32.1 Å². The highest BCUT2D eigenvalue weighted by Crippen LogP contribution is 2.27. The van der Waals surface area contributed by atoms with Crippen LogP contribution in [0.15, 0.2) is 42.5 Å². The van der Waals surface area contributed by atoms with E-state index in [1.165, 1.54) is 7.11 Å². The van der Waals surface area contributed by atoms with Gasteiger partial charge in [0, 0.05) is 0 Å². The Kier molecular flexibility index (Phi) is 7.68. The molecule has 0 bridgehead atoms. The molecule has 7 nitrogen and oxygen atoms in total. The third-order valence-electron chi connectivity index (χ3n) is 3.92. The lowest BCUT2D eigenvalue weighted by Crippen LogP contribution is -2.45. The van der Waals surface area contributed by atoms with Crippen molar-refractivity contribution in [3.63, 3.8) is 0 Å². The van der Waals surface area contributed by atoms with Crippen molar-refractivity contribution < 1.29 is 23.8 Å². The van der Waals surface area contributed by atoms with Gasteiger partial charge in [0.15, 0.2) is 24.7 Å². The molecule has 0 atom stereocenters. The number of hydrazine groups is 1. The summed E-state index contributed by atoms with van der Waals surface area (Å²) in [5.74, 6) is 0.930.